The minimum Gasteiger partial charge on any atom is -0.338 e. The van der Waals surface area contributed by atoms with Crippen LogP contribution >= 0.6 is 11.6 Å². The van der Waals surface area contributed by atoms with Crippen LogP contribution in [0.4, 0.5) is 0 Å². The lowest BCUT2D eigenvalue weighted by atomic mass is 10.5. The first-order valence-electron chi connectivity index (χ1n) is 3.53. The Morgan fingerprint density at radius 3 is 2.62 bits per heavy atom. The summed E-state index contributed by atoms with van der Waals surface area (Å²) in [5.41, 5.74) is 0. The molecule has 1 unspecified atom stereocenters. The van der Waals surface area contributed by atoms with Gasteiger partial charge in [0.1, 0.15) is 5.75 Å². The number of halogens is 1. The van der Waals surface area contributed by atoms with Gasteiger partial charge in [-0.3, -0.25) is 0 Å². The van der Waals surface area contributed by atoms with Crippen LogP contribution in [0.5, 0.6) is 0 Å². The Kier molecular flexibility index (Phi) is 2.92. The van der Waals surface area contributed by atoms with Gasteiger partial charge in [0.05, 0.1) is 5.38 Å². The Hall–Kier alpha value is -0.620. The lowest BCUT2D eigenvalue weighted by Crippen LogP contribution is -2.01. The van der Waals surface area contributed by atoms with E-state index in [9.17, 15) is 8.42 Å². The van der Waals surface area contributed by atoms with E-state index in [1.165, 1.54) is 0 Å². The predicted octanol–water partition coefficient (Wildman–Crippen LogP) is 0.914. The van der Waals surface area contributed by atoms with Crippen LogP contribution in [0.25, 0.3) is 0 Å². The first kappa shape index (κ1) is 10.5. The smallest absolute Gasteiger partial charge is 0.241 e. The van der Waals surface area contributed by atoms with Gasteiger partial charge in [-0.15, -0.1) is 11.6 Å². The summed E-state index contributed by atoms with van der Waals surface area (Å²) < 4.78 is 26.3. The molecular weight excluding hydrogens is 216 g/mol. The quantitative estimate of drug-likeness (QED) is 0.714. The summed E-state index contributed by atoms with van der Waals surface area (Å²) in [5, 5.41) is 3.14. The second-order valence-electron chi connectivity index (χ2n) is 2.73. The molecule has 0 spiro atoms. The topological polar surface area (TPSA) is 73.1 Å². The van der Waals surface area contributed by atoms with Crippen LogP contribution in [0.1, 0.15) is 24.0 Å². The zero-order valence-corrected chi connectivity index (χ0v) is 8.76. The molecule has 7 heteroatoms. The van der Waals surface area contributed by atoms with E-state index in [2.05, 4.69) is 14.7 Å². The maximum Gasteiger partial charge on any atom is 0.241 e. The van der Waals surface area contributed by atoms with Crippen LogP contribution in [0.3, 0.4) is 0 Å². The molecule has 1 rings (SSSR count). The molecule has 1 heterocycles. The molecule has 0 saturated heterocycles. The number of hydrogen-bond acceptors (Lipinski definition) is 5. The summed E-state index contributed by atoms with van der Waals surface area (Å²) in [7, 11) is -3.13. The molecule has 0 radical (unpaired) electrons. The molecule has 1 atom stereocenters. The van der Waals surface area contributed by atoms with Crippen LogP contribution in [0.15, 0.2) is 4.52 Å². The van der Waals surface area contributed by atoms with E-state index in [0.29, 0.717) is 5.82 Å². The van der Waals surface area contributed by atoms with Crippen molar-refractivity contribution < 1.29 is 12.9 Å². The third-order valence-corrected chi connectivity index (χ3v) is 2.19. The van der Waals surface area contributed by atoms with Crippen molar-refractivity contribution in [2.24, 2.45) is 0 Å². The molecule has 0 aliphatic heterocycles. The molecule has 0 aliphatic carbocycles. The molecule has 0 fully saturated rings. The van der Waals surface area contributed by atoms with Crippen molar-refractivity contribution in [3.63, 3.8) is 0 Å². The van der Waals surface area contributed by atoms with Gasteiger partial charge in [-0.1, -0.05) is 5.16 Å². The number of aromatic nitrogens is 2. The highest BCUT2D eigenvalue weighted by Gasteiger charge is 2.14. The highest BCUT2D eigenvalue weighted by atomic mass is 35.5. The molecule has 0 aromatic carbocycles. The summed E-state index contributed by atoms with van der Waals surface area (Å²) >= 11 is 5.65. The van der Waals surface area contributed by atoms with Crippen LogP contribution in [0.2, 0.25) is 0 Å². The first-order chi connectivity index (χ1) is 5.88. The van der Waals surface area contributed by atoms with E-state index in [0.717, 1.165) is 6.26 Å². The zero-order valence-electron chi connectivity index (χ0n) is 7.19. The summed E-state index contributed by atoms with van der Waals surface area (Å²) in [6.45, 7) is 1.68. The van der Waals surface area contributed by atoms with Crippen molar-refractivity contribution in [3.05, 3.63) is 11.7 Å². The molecule has 0 aliphatic rings. The number of rotatable bonds is 3. The zero-order chi connectivity index (χ0) is 10.1. The highest BCUT2D eigenvalue weighted by molar-refractivity contribution is 7.89. The second-order valence-corrected chi connectivity index (χ2v) is 5.53. The lowest BCUT2D eigenvalue weighted by Gasteiger charge is -1.90. The van der Waals surface area contributed by atoms with Gasteiger partial charge in [0, 0.05) is 6.26 Å². The van der Waals surface area contributed by atoms with Gasteiger partial charge >= 0.3 is 0 Å². The van der Waals surface area contributed by atoms with Crippen LogP contribution in [-0.2, 0) is 15.6 Å². The third kappa shape index (κ3) is 3.31. The molecule has 0 N–H and O–H groups in total. The minimum absolute atomic E-state index is 0.0741. The monoisotopic (exact) mass is 224 g/mol. The summed E-state index contributed by atoms with van der Waals surface area (Å²) in [6.07, 6.45) is 1.10. The van der Waals surface area contributed by atoms with Crippen LogP contribution in [0, 0.1) is 0 Å². The average molecular weight is 225 g/mol. The van der Waals surface area contributed by atoms with E-state index < -0.39 is 9.84 Å². The lowest BCUT2D eigenvalue weighted by molar-refractivity contribution is 0.383. The van der Waals surface area contributed by atoms with Gasteiger partial charge in [0.15, 0.2) is 15.7 Å². The summed E-state index contributed by atoms with van der Waals surface area (Å²) in [4.78, 5) is 3.81. The average Bonchev–Trinajstić information content (AvgIpc) is 2.31. The van der Waals surface area contributed by atoms with Crippen molar-refractivity contribution in [1.82, 2.24) is 10.1 Å². The molecule has 0 saturated carbocycles. The van der Waals surface area contributed by atoms with E-state index in [-0.39, 0.29) is 17.0 Å². The Bertz CT molecular complexity index is 384. The summed E-state index contributed by atoms with van der Waals surface area (Å²) in [5.74, 6) is 0.134. The Balaban J connectivity index is 2.81. The van der Waals surface area contributed by atoms with Crippen molar-refractivity contribution >= 4 is 21.4 Å². The molecule has 0 bridgehead atoms. The number of hydrogen-bond donors (Lipinski definition) is 0. The summed E-state index contributed by atoms with van der Waals surface area (Å²) in [6, 6.07) is 0. The van der Waals surface area contributed by atoms with Gasteiger partial charge in [0.2, 0.25) is 5.89 Å². The van der Waals surface area contributed by atoms with Crippen molar-refractivity contribution in [1.29, 1.82) is 0 Å². The maximum atomic E-state index is 10.8. The van der Waals surface area contributed by atoms with E-state index in [1.807, 2.05) is 0 Å². The van der Waals surface area contributed by atoms with E-state index in [4.69, 9.17) is 11.6 Å². The molecular formula is C6H9ClN2O3S. The van der Waals surface area contributed by atoms with Crippen molar-refractivity contribution in [2.75, 3.05) is 6.26 Å². The largest absolute Gasteiger partial charge is 0.338 e. The van der Waals surface area contributed by atoms with E-state index in [1.54, 1.807) is 6.92 Å². The number of nitrogens with zero attached hydrogens (tertiary/aromatic N) is 2. The van der Waals surface area contributed by atoms with Gasteiger partial charge in [-0.25, -0.2) is 8.42 Å². The van der Waals surface area contributed by atoms with Gasteiger partial charge in [0.25, 0.3) is 0 Å². The predicted molar refractivity (Wildman–Crippen MR) is 47.1 cm³/mol. The van der Waals surface area contributed by atoms with Crippen LogP contribution < -0.4 is 0 Å². The van der Waals surface area contributed by atoms with E-state index >= 15 is 0 Å². The molecule has 1 aromatic heterocycles. The Labute approximate surface area is 81.0 Å². The third-order valence-electron chi connectivity index (χ3n) is 1.23. The Morgan fingerprint density at radius 1 is 1.62 bits per heavy atom. The fourth-order valence-corrected chi connectivity index (χ4v) is 1.37. The maximum absolute atomic E-state index is 10.8. The molecule has 0 amide bonds. The molecule has 1 aromatic rings. The molecule has 74 valence electrons. The number of alkyl halides is 1. The highest BCUT2D eigenvalue weighted by Crippen LogP contribution is 2.15. The van der Waals surface area contributed by atoms with Gasteiger partial charge in [-0.2, -0.15) is 4.98 Å². The fraction of sp³-hybridized carbons (Fsp3) is 0.667. The van der Waals surface area contributed by atoms with Crippen molar-refractivity contribution in [3.8, 4) is 0 Å². The number of sulfone groups is 1. The fourth-order valence-electron chi connectivity index (χ4n) is 0.713. The standard InChI is InChI=1S/C6H9ClN2O3S/c1-4(7)6-8-5(12-9-6)3-13(2,10)11/h4H,3H2,1-2H3. The first-order valence-corrected chi connectivity index (χ1v) is 6.02. The van der Waals surface area contributed by atoms with Gasteiger partial charge in [-0.05, 0) is 6.92 Å². The molecule has 13 heavy (non-hydrogen) atoms. The van der Waals surface area contributed by atoms with Crippen molar-refractivity contribution in [2.45, 2.75) is 18.1 Å². The van der Waals surface area contributed by atoms with Crippen LogP contribution in [-0.4, -0.2) is 24.8 Å². The normalized spacial score (nSPS) is 14.4. The van der Waals surface area contributed by atoms with Gasteiger partial charge < -0.3 is 4.52 Å². The minimum atomic E-state index is -3.13. The second kappa shape index (κ2) is 3.63. The molecule has 5 nitrogen and oxygen atoms in total. The SMILES string of the molecule is CC(Cl)c1noc(CS(C)(=O)=O)n1. The Morgan fingerprint density at radius 2 is 2.23 bits per heavy atom.